The average molecular weight is 895 g/mol. The van der Waals surface area contributed by atoms with Gasteiger partial charge >= 0.3 is 27.6 Å². The lowest BCUT2D eigenvalue weighted by atomic mass is 10.1. The van der Waals surface area contributed by atoms with Crippen LogP contribution in [0.2, 0.25) is 0 Å². The van der Waals surface area contributed by atoms with Crippen molar-refractivity contribution in [2.24, 2.45) is 0 Å². The topological polar surface area (TPSA) is 225 Å². The number of phosphoric ester groups is 2. The van der Waals surface area contributed by atoms with Crippen LogP contribution >= 0.6 is 15.6 Å². The summed E-state index contributed by atoms with van der Waals surface area (Å²) >= 11 is 0. The molecular weight excluding hydrogens is 818 g/mol. The van der Waals surface area contributed by atoms with E-state index in [9.17, 15) is 43.8 Å². The summed E-state index contributed by atoms with van der Waals surface area (Å²) in [4.78, 5) is 43.6. The number of ether oxygens (including phenoxy) is 2. The number of aliphatic hydroxyl groups is 3. The van der Waals surface area contributed by atoms with Crippen LogP contribution in [0.25, 0.3) is 0 Å². The molecule has 0 aliphatic heterocycles. The molecule has 0 saturated heterocycles. The van der Waals surface area contributed by atoms with Crippen LogP contribution in [0.15, 0.2) is 60.8 Å². The highest BCUT2D eigenvalue weighted by Gasteiger charge is 2.28. The smallest absolute Gasteiger partial charge is 0.463 e. The van der Waals surface area contributed by atoms with Crippen molar-refractivity contribution in [2.45, 2.75) is 161 Å². The molecule has 348 valence electrons. The number of unbranched alkanes of at least 4 members (excludes halogenated alkanes) is 11. The Morgan fingerprint density at radius 1 is 0.450 bits per heavy atom. The van der Waals surface area contributed by atoms with Crippen molar-refractivity contribution >= 4 is 27.6 Å². The number of aliphatic hydroxyl groups excluding tert-OH is 3. The van der Waals surface area contributed by atoms with E-state index in [1.807, 2.05) is 12.2 Å². The number of esters is 2. The van der Waals surface area contributed by atoms with Crippen molar-refractivity contribution in [1.82, 2.24) is 0 Å². The van der Waals surface area contributed by atoms with Crippen LogP contribution in [0.3, 0.4) is 0 Å². The summed E-state index contributed by atoms with van der Waals surface area (Å²) in [6.45, 7) is 0.200. The normalized spacial score (nSPS) is 15.9. The van der Waals surface area contributed by atoms with Gasteiger partial charge < -0.3 is 34.6 Å². The van der Waals surface area contributed by atoms with Crippen LogP contribution in [0.4, 0.5) is 0 Å². The van der Waals surface area contributed by atoms with E-state index in [1.54, 1.807) is 0 Å². The van der Waals surface area contributed by atoms with Gasteiger partial charge in [-0.2, -0.15) is 0 Å². The zero-order valence-electron chi connectivity index (χ0n) is 36.1. The Kier molecular flexibility index (Phi) is 38.1. The third-order valence-corrected chi connectivity index (χ3v) is 10.4. The minimum atomic E-state index is -4.80. The fraction of sp³-hybridized carbons (Fsp3) is 0.721. The fourth-order valence-electron chi connectivity index (χ4n) is 5.13. The zero-order valence-corrected chi connectivity index (χ0v) is 37.9. The van der Waals surface area contributed by atoms with Crippen LogP contribution in [-0.2, 0) is 46.3 Å². The van der Waals surface area contributed by atoms with Crippen LogP contribution in [0, 0.1) is 0 Å². The highest BCUT2D eigenvalue weighted by Crippen LogP contribution is 2.45. The van der Waals surface area contributed by atoms with Crippen molar-refractivity contribution in [2.75, 3.05) is 39.6 Å². The van der Waals surface area contributed by atoms with E-state index in [4.69, 9.17) is 9.47 Å². The molecule has 0 bridgehead atoms. The third kappa shape index (κ3) is 41.1. The second-order valence-electron chi connectivity index (χ2n) is 14.3. The molecule has 0 amide bonds. The molecule has 5 unspecified atom stereocenters. The van der Waals surface area contributed by atoms with E-state index in [2.05, 4.69) is 80.6 Å². The molecule has 0 aromatic carbocycles. The lowest BCUT2D eigenvalue weighted by Crippen LogP contribution is -2.25. The van der Waals surface area contributed by atoms with Gasteiger partial charge in [-0.25, -0.2) is 9.13 Å². The highest BCUT2D eigenvalue weighted by atomic mass is 31.2. The van der Waals surface area contributed by atoms with Gasteiger partial charge in [-0.15, -0.1) is 0 Å². The summed E-state index contributed by atoms with van der Waals surface area (Å²) in [6.07, 6.45) is 35.2. The van der Waals surface area contributed by atoms with E-state index in [1.165, 1.54) is 44.9 Å². The zero-order chi connectivity index (χ0) is 44.6. The predicted molar refractivity (Wildman–Crippen MR) is 233 cm³/mol. The molecule has 17 heteroatoms. The van der Waals surface area contributed by atoms with Gasteiger partial charge in [0.15, 0.2) is 0 Å². The lowest BCUT2D eigenvalue weighted by molar-refractivity contribution is -0.148. The maximum Gasteiger partial charge on any atom is 0.472 e. The monoisotopic (exact) mass is 894 g/mol. The third-order valence-electron chi connectivity index (χ3n) is 8.49. The fourth-order valence-corrected chi connectivity index (χ4v) is 6.72. The quantitative estimate of drug-likeness (QED) is 0.0167. The lowest BCUT2D eigenvalue weighted by Gasteiger charge is -2.19. The summed E-state index contributed by atoms with van der Waals surface area (Å²) in [6, 6.07) is 0. The molecule has 0 aliphatic carbocycles. The number of allylic oxidation sites excluding steroid dienone is 10. The molecule has 5 atom stereocenters. The van der Waals surface area contributed by atoms with Gasteiger partial charge in [-0.3, -0.25) is 27.7 Å². The van der Waals surface area contributed by atoms with E-state index in [-0.39, 0.29) is 12.8 Å². The first kappa shape index (κ1) is 57.7. The van der Waals surface area contributed by atoms with Gasteiger partial charge in [0.05, 0.1) is 26.4 Å². The molecule has 0 spiro atoms. The minimum absolute atomic E-state index is 0.116. The average Bonchev–Trinajstić information content (AvgIpc) is 3.22. The van der Waals surface area contributed by atoms with Gasteiger partial charge in [0.1, 0.15) is 31.5 Å². The molecule has 0 heterocycles. The Hall–Kier alpha value is -2.26. The predicted octanol–water partition coefficient (Wildman–Crippen LogP) is 9.05. The van der Waals surface area contributed by atoms with E-state index in [0.717, 1.165) is 51.4 Å². The first-order chi connectivity index (χ1) is 28.8. The largest absolute Gasteiger partial charge is 0.472 e. The molecule has 60 heavy (non-hydrogen) atoms. The highest BCUT2D eigenvalue weighted by molar-refractivity contribution is 7.47. The molecule has 0 aliphatic rings. The van der Waals surface area contributed by atoms with Crippen molar-refractivity contribution in [1.29, 1.82) is 0 Å². The van der Waals surface area contributed by atoms with Crippen LogP contribution < -0.4 is 0 Å². The molecule has 0 rings (SSSR count). The Balaban J connectivity index is 4.00. The number of carbonyl (C=O) groups excluding carboxylic acids is 2. The molecular formula is C43H76O15P2. The van der Waals surface area contributed by atoms with Crippen LogP contribution in [0.5, 0.6) is 0 Å². The van der Waals surface area contributed by atoms with Crippen molar-refractivity contribution in [3.8, 4) is 0 Å². The summed E-state index contributed by atoms with van der Waals surface area (Å²) in [5, 5.41) is 29.9. The molecule has 0 radical (unpaired) electrons. The van der Waals surface area contributed by atoms with Crippen molar-refractivity contribution < 1.29 is 71.4 Å². The first-order valence-corrected chi connectivity index (χ1v) is 24.6. The second-order valence-corrected chi connectivity index (χ2v) is 17.2. The van der Waals surface area contributed by atoms with E-state index >= 15 is 0 Å². The number of hydrogen-bond donors (Lipinski definition) is 5. The van der Waals surface area contributed by atoms with Gasteiger partial charge in [-0.1, -0.05) is 139 Å². The molecule has 0 fully saturated rings. The Morgan fingerprint density at radius 3 is 1.15 bits per heavy atom. The SMILES string of the molecule is CC/C=C\C/C=C\C/C=C\C/C=C\C/C=C\CCCC(=O)OCC(O)COP(=O)(O)OCC(O)COP(=O)(O)OCC(O)COC(=O)CCCCCCCCCCCCC. The Morgan fingerprint density at radius 2 is 0.767 bits per heavy atom. The number of carbonyl (C=O) groups is 2. The molecule has 0 aromatic heterocycles. The summed E-state index contributed by atoms with van der Waals surface area (Å²) in [5.41, 5.74) is 0. The molecule has 0 saturated carbocycles. The maximum atomic E-state index is 12.1. The van der Waals surface area contributed by atoms with Crippen molar-refractivity contribution in [3.05, 3.63) is 60.8 Å². The second kappa shape index (κ2) is 39.6. The standard InChI is InChI=1S/C43H76O15P2/c1-3-5-7-9-11-13-15-16-17-18-19-20-22-24-26-28-30-32-43(48)54-34-40(45)36-56-60(51,52)58-38-41(46)37-57-59(49,50)55-35-39(44)33-53-42(47)31-29-27-25-23-21-14-12-10-8-6-4-2/h5,7,11,13,16-17,19-20,24,26,39-41,44-46H,3-4,6,8-10,12,14-15,18,21-23,25,27-38H2,1-2H3,(H,49,50)(H,51,52)/b7-5-,13-11-,17-16-,20-19-,26-24-. The summed E-state index contributed by atoms with van der Waals surface area (Å²) in [5.74, 6) is -1.06. The first-order valence-electron chi connectivity index (χ1n) is 21.6. The van der Waals surface area contributed by atoms with Gasteiger partial charge in [0, 0.05) is 12.8 Å². The van der Waals surface area contributed by atoms with Crippen LogP contribution in [0.1, 0.15) is 142 Å². The van der Waals surface area contributed by atoms with Gasteiger partial charge in [0.2, 0.25) is 0 Å². The molecule has 0 aromatic rings. The Bertz CT molecular complexity index is 1320. The van der Waals surface area contributed by atoms with Gasteiger partial charge in [0.25, 0.3) is 0 Å². The van der Waals surface area contributed by atoms with E-state index in [0.29, 0.717) is 19.3 Å². The minimum Gasteiger partial charge on any atom is -0.463 e. The summed E-state index contributed by atoms with van der Waals surface area (Å²) < 4.78 is 52.8. The van der Waals surface area contributed by atoms with Crippen molar-refractivity contribution in [3.63, 3.8) is 0 Å². The summed E-state index contributed by atoms with van der Waals surface area (Å²) in [7, 11) is -9.58. The van der Waals surface area contributed by atoms with E-state index < -0.39 is 85.5 Å². The molecule has 5 N–H and O–H groups in total. The maximum absolute atomic E-state index is 12.1. The van der Waals surface area contributed by atoms with Gasteiger partial charge in [-0.05, 0) is 51.4 Å². The number of phosphoric acid groups is 2. The number of rotatable bonds is 41. The molecule has 15 nitrogen and oxygen atoms in total. The Labute approximate surface area is 359 Å². The van der Waals surface area contributed by atoms with Crippen LogP contribution in [-0.4, -0.2) is 95.0 Å². The number of hydrogen-bond acceptors (Lipinski definition) is 13.